The molecule has 3 aliphatic rings. The van der Waals surface area contributed by atoms with Crippen LogP contribution in [-0.2, 0) is 0 Å². The first-order valence-electron chi connectivity index (χ1n) is 11.3. The first-order valence-corrected chi connectivity index (χ1v) is 11.7. The van der Waals surface area contributed by atoms with Crippen molar-refractivity contribution >= 4 is 23.1 Å². The third-order valence-electron chi connectivity index (χ3n) is 7.68. The van der Waals surface area contributed by atoms with Crippen LogP contribution in [0.3, 0.4) is 0 Å². The lowest BCUT2D eigenvalue weighted by Crippen LogP contribution is -2.29. The zero-order valence-corrected chi connectivity index (χ0v) is 18.5. The summed E-state index contributed by atoms with van der Waals surface area (Å²) in [6, 6.07) is 2.42. The molecule has 2 saturated carbocycles. The summed E-state index contributed by atoms with van der Waals surface area (Å²) in [6.45, 7) is 2.18. The zero-order chi connectivity index (χ0) is 21.1. The number of nitrogens with zero attached hydrogens (tertiary/aromatic N) is 1. The molecule has 0 aromatic heterocycles. The van der Waals surface area contributed by atoms with Crippen LogP contribution in [0.2, 0.25) is 0 Å². The van der Waals surface area contributed by atoms with Crippen molar-refractivity contribution in [2.24, 2.45) is 28.7 Å². The predicted octanol–water partition coefficient (Wildman–Crippen LogP) is 7.77. The highest BCUT2D eigenvalue weighted by atomic mass is 32.1. The van der Waals surface area contributed by atoms with Crippen molar-refractivity contribution in [3.8, 4) is 11.8 Å². The SMILES string of the molecule is CC1=C(C#Cc2cc(F)c(N=C=S)c(F)c2)CCC(C2CCC(C3CCC3)CC2)C1. The number of benzene rings is 1. The van der Waals surface area contributed by atoms with E-state index in [9.17, 15) is 8.78 Å². The second kappa shape index (κ2) is 9.54. The van der Waals surface area contributed by atoms with Crippen LogP contribution in [0.4, 0.5) is 14.5 Å². The van der Waals surface area contributed by atoms with Gasteiger partial charge in [-0.05, 0) is 99.9 Å². The summed E-state index contributed by atoms with van der Waals surface area (Å²) in [5.41, 5.74) is 2.41. The first kappa shape index (κ1) is 21.4. The fourth-order valence-electron chi connectivity index (χ4n) is 5.67. The second-order valence-corrected chi connectivity index (χ2v) is 9.55. The summed E-state index contributed by atoms with van der Waals surface area (Å²) in [5, 5.41) is 2.00. The van der Waals surface area contributed by atoms with Gasteiger partial charge in [0.2, 0.25) is 0 Å². The number of rotatable bonds is 3. The molecule has 0 heterocycles. The Hall–Kier alpha value is -1.82. The Morgan fingerprint density at radius 3 is 2.00 bits per heavy atom. The molecular formula is C26H29F2NS. The molecule has 1 nitrogen and oxygen atoms in total. The molecule has 0 radical (unpaired) electrons. The molecule has 0 bridgehead atoms. The van der Waals surface area contributed by atoms with Gasteiger partial charge in [-0.3, -0.25) is 0 Å². The number of hydrogen-bond acceptors (Lipinski definition) is 2. The van der Waals surface area contributed by atoms with E-state index in [1.807, 2.05) is 5.16 Å². The molecule has 1 unspecified atom stereocenters. The van der Waals surface area contributed by atoms with Gasteiger partial charge in [-0.15, -0.1) is 0 Å². The van der Waals surface area contributed by atoms with E-state index in [-0.39, 0.29) is 0 Å². The molecule has 2 fully saturated rings. The lowest BCUT2D eigenvalue weighted by atomic mass is 9.64. The van der Waals surface area contributed by atoms with Crippen LogP contribution < -0.4 is 0 Å². The van der Waals surface area contributed by atoms with E-state index >= 15 is 0 Å². The zero-order valence-electron chi connectivity index (χ0n) is 17.6. The summed E-state index contributed by atoms with van der Waals surface area (Å²) < 4.78 is 28.0. The van der Waals surface area contributed by atoms with E-state index in [0.29, 0.717) is 5.56 Å². The van der Waals surface area contributed by atoms with E-state index in [1.54, 1.807) is 0 Å². The van der Waals surface area contributed by atoms with Crippen LogP contribution in [0, 0.1) is 47.1 Å². The molecule has 1 atom stereocenters. The monoisotopic (exact) mass is 425 g/mol. The Morgan fingerprint density at radius 1 is 0.867 bits per heavy atom. The molecule has 1 aromatic carbocycles. The van der Waals surface area contributed by atoms with Crippen LogP contribution in [0.15, 0.2) is 28.3 Å². The van der Waals surface area contributed by atoms with Gasteiger partial charge in [-0.25, -0.2) is 8.78 Å². The highest BCUT2D eigenvalue weighted by Crippen LogP contribution is 2.46. The third-order valence-corrected chi connectivity index (χ3v) is 7.77. The largest absolute Gasteiger partial charge is 0.204 e. The highest BCUT2D eigenvalue weighted by Gasteiger charge is 2.34. The van der Waals surface area contributed by atoms with Crippen molar-refractivity contribution in [1.29, 1.82) is 0 Å². The van der Waals surface area contributed by atoms with Crippen molar-refractivity contribution in [2.45, 2.75) is 71.1 Å². The van der Waals surface area contributed by atoms with Gasteiger partial charge in [0.1, 0.15) is 5.69 Å². The Kier molecular flexibility index (Phi) is 6.81. The van der Waals surface area contributed by atoms with Gasteiger partial charge in [0, 0.05) is 11.1 Å². The van der Waals surface area contributed by atoms with Gasteiger partial charge in [0.15, 0.2) is 11.6 Å². The van der Waals surface area contributed by atoms with E-state index in [2.05, 4.69) is 36.0 Å². The van der Waals surface area contributed by atoms with E-state index in [0.717, 1.165) is 42.1 Å². The van der Waals surface area contributed by atoms with E-state index in [4.69, 9.17) is 0 Å². The molecular weight excluding hydrogens is 396 g/mol. The van der Waals surface area contributed by atoms with Crippen molar-refractivity contribution in [3.05, 3.63) is 40.5 Å². The fourth-order valence-corrected chi connectivity index (χ4v) is 5.76. The first-order chi connectivity index (χ1) is 14.5. The highest BCUT2D eigenvalue weighted by molar-refractivity contribution is 7.78. The van der Waals surface area contributed by atoms with Crippen LogP contribution in [0.5, 0.6) is 0 Å². The number of isothiocyanates is 1. The maximum absolute atomic E-state index is 14.0. The van der Waals surface area contributed by atoms with Gasteiger partial charge in [-0.1, -0.05) is 36.7 Å². The standard InChI is InChI=1S/C26H29F2NS/c1-17-13-23(22-10-8-21(9-11-22)20-3-2-4-20)12-7-19(17)6-5-18-14-24(27)26(29-16-30)25(28)15-18/h14-15,20-23H,2-4,7-13H2,1H3. The molecule has 158 valence electrons. The minimum Gasteiger partial charge on any atom is -0.204 e. The Balaban J connectivity index is 1.39. The van der Waals surface area contributed by atoms with Crippen LogP contribution >= 0.6 is 12.2 Å². The van der Waals surface area contributed by atoms with Crippen LogP contribution in [-0.4, -0.2) is 5.16 Å². The smallest absolute Gasteiger partial charge is 0.153 e. The topological polar surface area (TPSA) is 12.4 Å². The number of aliphatic imine (C=N–C) groups is 1. The Bertz CT molecular complexity index is 913. The molecule has 4 rings (SSSR count). The van der Waals surface area contributed by atoms with Gasteiger partial charge in [0.05, 0.1) is 5.16 Å². The molecule has 0 spiro atoms. The average Bonchev–Trinajstić information content (AvgIpc) is 2.69. The maximum Gasteiger partial charge on any atom is 0.153 e. The van der Waals surface area contributed by atoms with E-state index in [1.165, 1.54) is 69.1 Å². The molecule has 30 heavy (non-hydrogen) atoms. The number of allylic oxidation sites excluding steroid dienone is 2. The van der Waals surface area contributed by atoms with Gasteiger partial charge >= 0.3 is 0 Å². The van der Waals surface area contributed by atoms with Gasteiger partial charge in [-0.2, -0.15) is 4.99 Å². The minimum atomic E-state index is -0.761. The Morgan fingerprint density at radius 2 is 1.47 bits per heavy atom. The second-order valence-electron chi connectivity index (χ2n) is 9.37. The number of thiocarbonyl (C=S) groups is 1. The molecule has 3 aliphatic carbocycles. The lowest BCUT2D eigenvalue weighted by molar-refractivity contribution is 0.113. The molecule has 0 N–H and O–H groups in total. The molecule has 0 amide bonds. The molecule has 4 heteroatoms. The quantitative estimate of drug-likeness (QED) is 0.274. The summed E-state index contributed by atoms with van der Waals surface area (Å²) >= 11 is 4.43. The van der Waals surface area contributed by atoms with Crippen LogP contribution in [0.1, 0.15) is 76.7 Å². The number of hydrogen-bond donors (Lipinski definition) is 0. The van der Waals surface area contributed by atoms with E-state index < -0.39 is 17.3 Å². The normalized spacial score (nSPS) is 27.0. The van der Waals surface area contributed by atoms with Crippen LogP contribution in [0.25, 0.3) is 0 Å². The van der Waals surface area contributed by atoms with Gasteiger partial charge < -0.3 is 0 Å². The Labute approximate surface area is 184 Å². The summed E-state index contributed by atoms with van der Waals surface area (Å²) in [6.07, 6.45) is 13.3. The average molecular weight is 426 g/mol. The maximum atomic E-state index is 14.0. The minimum absolute atomic E-state index is 0.324. The van der Waals surface area contributed by atoms with Crippen molar-refractivity contribution < 1.29 is 8.78 Å². The molecule has 1 aromatic rings. The third kappa shape index (κ3) is 4.74. The summed E-state index contributed by atoms with van der Waals surface area (Å²) in [4.78, 5) is 3.44. The van der Waals surface area contributed by atoms with Gasteiger partial charge in [0.25, 0.3) is 0 Å². The van der Waals surface area contributed by atoms with Crippen molar-refractivity contribution in [3.63, 3.8) is 0 Å². The molecule has 0 aliphatic heterocycles. The summed E-state index contributed by atoms with van der Waals surface area (Å²) in [5.74, 6) is 8.28. The summed E-state index contributed by atoms with van der Waals surface area (Å²) in [7, 11) is 0. The molecule has 0 saturated heterocycles. The predicted molar refractivity (Wildman–Crippen MR) is 121 cm³/mol. The van der Waals surface area contributed by atoms with Crippen molar-refractivity contribution in [2.75, 3.05) is 0 Å². The lowest BCUT2D eigenvalue weighted by Gasteiger charge is -2.41. The fraction of sp³-hybridized carbons (Fsp3) is 0.577. The van der Waals surface area contributed by atoms with Crippen molar-refractivity contribution in [1.82, 2.24) is 0 Å². The number of halogens is 2.